The van der Waals surface area contributed by atoms with Gasteiger partial charge >= 0.3 is 0 Å². The van der Waals surface area contributed by atoms with Crippen molar-refractivity contribution in [2.75, 3.05) is 5.32 Å². The van der Waals surface area contributed by atoms with E-state index >= 15 is 0 Å². The molecule has 0 unspecified atom stereocenters. The topological polar surface area (TPSA) is 106 Å². The lowest BCUT2D eigenvalue weighted by molar-refractivity contribution is 0.101. The van der Waals surface area contributed by atoms with Crippen LogP contribution < -0.4 is 11.1 Å². The Bertz CT molecular complexity index is 675. The molecule has 1 aromatic carbocycles. The molecule has 0 bridgehead atoms. The summed E-state index contributed by atoms with van der Waals surface area (Å²) in [6, 6.07) is 8.49. The third-order valence-corrected chi connectivity index (χ3v) is 2.79. The number of amidine groups is 1. The van der Waals surface area contributed by atoms with Gasteiger partial charge in [0, 0.05) is 12.6 Å². The normalized spacial score (nSPS) is 11.4. The van der Waals surface area contributed by atoms with Gasteiger partial charge in [-0.05, 0) is 25.1 Å². The van der Waals surface area contributed by atoms with Crippen LogP contribution in [0.5, 0.6) is 0 Å². The molecule has 0 saturated heterocycles. The molecule has 1 amide bonds. The molecule has 0 aliphatic carbocycles. The molecule has 1 aromatic heterocycles. The fourth-order valence-electron chi connectivity index (χ4n) is 1.88. The summed E-state index contributed by atoms with van der Waals surface area (Å²) < 4.78 is 1.50. The number of hydrogen-bond acceptors (Lipinski definition) is 4. The van der Waals surface area contributed by atoms with Crippen molar-refractivity contribution in [2.45, 2.75) is 6.92 Å². The number of nitrogens with zero attached hydrogens (tertiary/aromatic N) is 3. The molecule has 0 fully saturated rings. The number of oxime groups is 1. The maximum Gasteiger partial charge on any atom is 0.273 e. The molecule has 20 heavy (non-hydrogen) atoms. The minimum atomic E-state index is -0.314. The van der Waals surface area contributed by atoms with E-state index in [4.69, 9.17) is 10.9 Å². The van der Waals surface area contributed by atoms with Gasteiger partial charge in [-0.25, -0.2) is 0 Å². The lowest BCUT2D eigenvalue weighted by Crippen LogP contribution is -2.20. The Hall–Kier alpha value is -2.83. The number of nitrogens with one attached hydrogen (secondary N) is 1. The van der Waals surface area contributed by atoms with Gasteiger partial charge in [-0.1, -0.05) is 17.3 Å². The van der Waals surface area contributed by atoms with Gasteiger partial charge in [-0.2, -0.15) is 5.10 Å². The second-order valence-electron chi connectivity index (χ2n) is 4.28. The van der Waals surface area contributed by atoms with Gasteiger partial charge in [0.1, 0.15) is 5.69 Å². The quantitative estimate of drug-likeness (QED) is 0.336. The smallest absolute Gasteiger partial charge is 0.273 e. The molecule has 0 saturated carbocycles. The average Bonchev–Trinajstić information content (AvgIpc) is 2.77. The summed E-state index contributed by atoms with van der Waals surface area (Å²) >= 11 is 0. The maximum absolute atomic E-state index is 12.2. The van der Waals surface area contributed by atoms with Crippen LogP contribution in [0, 0.1) is 6.92 Å². The predicted octanol–water partition coefficient (Wildman–Crippen LogP) is 1.08. The van der Waals surface area contributed by atoms with E-state index in [0.717, 1.165) is 5.69 Å². The van der Waals surface area contributed by atoms with Gasteiger partial charge in [0.2, 0.25) is 0 Å². The largest absolute Gasteiger partial charge is 0.409 e. The summed E-state index contributed by atoms with van der Waals surface area (Å²) in [5.74, 6) is -0.381. The molecule has 0 aliphatic rings. The van der Waals surface area contributed by atoms with Crippen LogP contribution in [0.2, 0.25) is 0 Å². The van der Waals surface area contributed by atoms with E-state index in [1.807, 2.05) is 0 Å². The molecule has 0 spiro atoms. The van der Waals surface area contributed by atoms with Crippen LogP contribution >= 0.6 is 0 Å². The molecule has 2 aromatic rings. The highest BCUT2D eigenvalue weighted by Crippen LogP contribution is 2.16. The Labute approximate surface area is 115 Å². The third kappa shape index (κ3) is 2.61. The number of para-hydroxylation sites is 1. The zero-order chi connectivity index (χ0) is 14.7. The fourth-order valence-corrected chi connectivity index (χ4v) is 1.88. The molecule has 0 aliphatic heterocycles. The highest BCUT2D eigenvalue weighted by Gasteiger charge is 2.14. The fraction of sp³-hybridized carbons (Fsp3) is 0.154. The van der Waals surface area contributed by atoms with E-state index in [0.29, 0.717) is 16.9 Å². The Morgan fingerprint density at radius 1 is 1.45 bits per heavy atom. The van der Waals surface area contributed by atoms with Gasteiger partial charge in [0.05, 0.1) is 11.4 Å². The van der Waals surface area contributed by atoms with Crippen molar-refractivity contribution in [3.05, 3.63) is 47.3 Å². The first-order valence-corrected chi connectivity index (χ1v) is 5.92. The number of anilines is 1. The number of benzene rings is 1. The van der Waals surface area contributed by atoms with Crippen molar-refractivity contribution in [1.29, 1.82) is 0 Å². The molecular weight excluding hydrogens is 258 g/mol. The van der Waals surface area contributed by atoms with Crippen LogP contribution in [-0.2, 0) is 7.05 Å². The minimum Gasteiger partial charge on any atom is -0.409 e. The van der Waals surface area contributed by atoms with Crippen molar-refractivity contribution in [1.82, 2.24) is 9.78 Å². The summed E-state index contributed by atoms with van der Waals surface area (Å²) in [6.07, 6.45) is 0. The maximum atomic E-state index is 12.2. The summed E-state index contributed by atoms with van der Waals surface area (Å²) in [5.41, 5.74) is 7.67. The molecular formula is C13H15N5O2. The highest BCUT2D eigenvalue weighted by molar-refractivity contribution is 6.09. The number of aromatic nitrogens is 2. The Morgan fingerprint density at radius 2 is 2.15 bits per heavy atom. The lowest BCUT2D eigenvalue weighted by Gasteiger charge is -2.09. The zero-order valence-corrected chi connectivity index (χ0v) is 11.2. The summed E-state index contributed by atoms with van der Waals surface area (Å²) in [4.78, 5) is 12.2. The summed E-state index contributed by atoms with van der Waals surface area (Å²) in [5, 5.41) is 18.5. The molecule has 7 heteroatoms. The Kier molecular flexibility index (Phi) is 3.69. The molecule has 104 valence electrons. The van der Waals surface area contributed by atoms with E-state index in [2.05, 4.69) is 15.6 Å². The SMILES string of the molecule is Cc1cc(C(=O)Nc2ccccc2C(N)=NO)n(C)n1. The van der Waals surface area contributed by atoms with Gasteiger partial charge in [-0.15, -0.1) is 0 Å². The van der Waals surface area contributed by atoms with Crippen molar-refractivity contribution >= 4 is 17.4 Å². The zero-order valence-electron chi connectivity index (χ0n) is 11.2. The first kappa shape index (κ1) is 13.6. The van der Waals surface area contributed by atoms with Crippen molar-refractivity contribution in [2.24, 2.45) is 17.9 Å². The Morgan fingerprint density at radius 3 is 2.75 bits per heavy atom. The molecule has 0 radical (unpaired) electrons. The molecule has 0 atom stereocenters. The molecule has 2 rings (SSSR count). The number of amides is 1. The predicted molar refractivity (Wildman–Crippen MR) is 74.9 cm³/mol. The first-order valence-electron chi connectivity index (χ1n) is 5.92. The Balaban J connectivity index is 2.31. The second-order valence-corrected chi connectivity index (χ2v) is 4.28. The number of rotatable bonds is 3. The lowest BCUT2D eigenvalue weighted by atomic mass is 10.1. The highest BCUT2D eigenvalue weighted by atomic mass is 16.4. The number of nitrogens with two attached hydrogens (primary N) is 1. The van der Waals surface area contributed by atoms with Gasteiger partial charge in [0.25, 0.3) is 5.91 Å². The minimum absolute atomic E-state index is 0.0675. The monoisotopic (exact) mass is 273 g/mol. The number of aryl methyl sites for hydroxylation is 2. The van der Waals surface area contributed by atoms with E-state index in [-0.39, 0.29) is 11.7 Å². The van der Waals surface area contributed by atoms with Crippen LogP contribution in [0.15, 0.2) is 35.5 Å². The van der Waals surface area contributed by atoms with Crippen LogP contribution in [0.3, 0.4) is 0 Å². The number of carbonyl (C=O) groups is 1. The standard InChI is InChI=1S/C13H15N5O2/c1-8-7-11(18(2)16-8)13(19)15-10-6-4-3-5-9(10)12(14)17-20/h3-7,20H,1-2H3,(H2,14,17)(H,15,19). The summed E-state index contributed by atoms with van der Waals surface area (Å²) in [6.45, 7) is 1.81. The van der Waals surface area contributed by atoms with Crippen LogP contribution in [0.1, 0.15) is 21.7 Å². The van der Waals surface area contributed by atoms with Gasteiger partial charge < -0.3 is 16.3 Å². The van der Waals surface area contributed by atoms with Crippen molar-refractivity contribution in [3.63, 3.8) is 0 Å². The second kappa shape index (κ2) is 5.43. The number of carbonyl (C=O) groups excluding carboxylic acids is 1. The number of hydrogen-bond donors (Lipinski definition) is 3. The van der Waals surface area contributed by atoms with Gasteiger partial charge in [-0.3, -0.25) is 9.48 Å². The van der Waals surface area contributed by atoms with Crippen LogP contribution in [0.4, 0.5) is 5.69 Å². The van der Waals surface area contributed by atoms with Crippen LogP contribution in [0.25, 0.3) is 0 Å². The molecule has 7 nitrogen and oxygen atoms in total. The molecule has 1 heterocycles. The van der Waals surface area contributed by atoms with E-state index in [1.165, 1.54) is 4.68 Å². The average molecular weight is 273 g/mol. The van der Waals surface area contributed by atoms with E-state index in [9.17, 15) is 4.79 Å². The van der Waals surface area contributed by atoms with Crippen LogP contribution in [-0.4, -0.2) is 26.7 Å². The summed E-state index contributed by atoms with van der Waals surface area (Å²) in [7, 11) is 1.69. The van der Waals surface area contributed by atoms with Gasteiger partial charge in [0.15, 0.2) is 5.84 Å². The van der Waals surface area contributed by atoms with E-state index < -0.39 is 0 Å². The van der Waals surface area contributed by atoms with Crippen molar-refractivity contribution in [3.8, 4) is 0 Å². The van der Waals surface area contributed by atoms with E-state index in [1.54, 1.807) is 44.3 Å². The first-order chi connectivity index (χ1) is 9.52. The third-order valence-electron chi connectivity index (χ3n) is 2.79. The molecule has 4 N–H and O–H groups in total. The van der Waals surface area contributed by atoms with Crippen molar-refractivity contribution < 1.29 is 10.0 Å².